The Morgan fingerprint density at radius 1 is 0.377 bits per heavy atom. The minimum absolute atomic E-state index is 0.284. The number of aliphatic hydroxyl groups excluding tert-OH is 2. The van der Waals surface area contributed by atoms with Crippen molar-refractivity contribution in [3.63, 3.8) is 0 Å². The van der Waals surface area contributed by atoms with Gasteiger partial charge in [0.15, 0.2) is 50.3 Å². The van der Waals surface area contributed by atoms with Gasteiger partial charge < -0.3 is 81.3 Å². The Morgan fingerprint density at radius 3 is 1.13 bits per heavy atom. The van der Waals surface area contributed by atoms with E-state index >= 15 is 0 Å². The van der Waals surface area contributed by atoms with Crippen LogP contribution in [-0.4, -0.2) is 160 Å². The number of hydrogen-bond donors (Lipinski definition) is 2. The maximum atomic E-state index is 11.5. The van der Waals surface area contributed by atoms with Crippen LogP contribution >= 0.6 is 0 Å². The highest BCUT2D eigenvalue weighted by molar-refractivity contribution is 4.98. The molecule has 8 rings (SSSR count). The molecule has 0 amide bonds. The van der Waals surface area contributed by atoms with Crippen LogP contribution < -0.4 is 0 Å². The van der Waals surface area contributed by atoms with Crippen LogP contribution in [-0.2, 0) is 71.1 Å². The van der Waals surface area contributed by atoms with Crippen LogP contribution in [0.2, 0.25) is 0 Å². The molecule has 8 fully saturated rings. The lowest BCUT2D eigenvalue weighted by Crippen LogP contribution is -2.67. The Balaban J connectivity index is 1.06. The minimum Gasteiger partial charge on any atom is -0.387 e. The summed E-state index contributed by atoms with van der Waals surface area (Å²) in [6.07, 6.45) is -12.9. The highest BCUT2D eigenvalue weighted by Crippen LogP contribution is 2.43. The third-order valence-corrected chi connectivity index (χ3v) is 12.2. The summed E-state index contributed by atoms with van der Waals surface area (Å²) in [4.78, 5) is 0. The van der Waals surface area contributed by atoms with Crippen molar-refractivity contribution in [2.24, 2.45) is 23.7 Å². The van der Waals surface area contributed by atoms with E-state index in [-0.39, 0.29) is 49.1 Å². The molecule has 0 spiro atoms. The van der Waals surface area contributed by atoms with E-state index in [0.29, 0.717) is 13.2 Å². The van der Waals surface area contributed by atoms with E-state index in [0.717, 1.165) is 0 Å². The monoisotopic (exact) mass is 762 g/mol. The van der Waals surface area contributed by atoms with E-state index in [1.807, 2.05) is 55.4 Å². The van der Waals surface area contributed by atoms with Gasteiger partial charge in [0.1, 0.15) is 48.8 Å². The fraction of sp³-hybridized carbons (Fsp3) is 1.00. The molecule has 8 aliphatic heterocycles. The van der Waals surface area contributed by atoms with Crippen molar-refractivity contribution < 1.29 is 81.3 Å². The van der Waals surface area contributed by atoms with Gasteiger partial charge in [0.2, 0.25) is 0 Å². The molecule has 2 N–H and O–H groups in total. The molecular formula is C36H58O17. The van der Waals surface area contributed by atoms with Crippen LogP contribution in [0.25, 0.3) is 0 Å². The molecule has 17 nitrogen and oxygen atoms in total. The molecule has 17 heteroatoms. The van der Waals surface area contributed by atoms with Crippen molar-refractivity contribution in [3.8, 4) is 0 Å². The summed E-state index contributed by atoms with van der Waals surface area (Å²) >= 11 is 0. The first-order chi connectivity index (χ1) is 25.4. The van der Waals surface area contributed by atoms with Crippen LogP contribution in [0.3, 0.4) is 0 Å². The SMILES string of the molecule is CC1OCC2OC(O)C(O[C@@H]3OC4COC(C)O[C@@H]4[C@H](C)C3O[C@@H]3OC4COC(C)O[C@@H]4[C@H](C)C3O[C@@H]3OC4COC(C)O[C@@H]4[C@H](C)C3O)[C@@H](C)[C@H]2O1. The lowest BCUT2D eigenvalue weighted by atomic mass is 9.87. The molecule has 0 saturated carbocycles. The van der Waals surface area contributed by atoms with Crippen molar-refractivity contribution in [1.82, 2.24) is 0 Å². The second-order valence-electron chi connectivity index (χ2n) is 15.9. The standard InChI is InChI=1S/C36H58O17/c1-13-25(37)34(48-22-10-40-17(5)43-26(13)22)52-31-15(3)28-24(12-42-19(7)45-28)50-36(31)53-32-16(4)29-23(11-41-20(8)46-29)49-35(32)51-30-14(2)27-21(47-33(30)38)9-39-18(6)44-27/h13-38H,9-12H2,1-8H3/t13-,14+,15+,16+,17?,18?,19?,20?,21?,22?,23?,24?,25?,26-,27-,28-,29-,30?,31?,32?,33?,34+,35+,36+/m1/s1. The first kappa shape index (κ1) is 39.2. The zero-order chi connectivity index (χ0) is 37.3. The van der Waals surface area contributed by atoms with Crippen LogP contribution in [0.5, 0.6) is 0 Å². The minimum atomic E-state index is -1.28. The van der Waals surface area contributed by atoms with Gasteiger partial charge in [-0.25, -0.2) is 0 Å². The van der Waals surface area contributed by atoms with E-state index in [4.69, 9.17) is 71.1 Å². The van der Waals surface area contributed by atoms with Gasteiger partial charge in [-0.2, -0.15) is 0 Å². The average molecular weight is 763 g/mol. The molecule has 0 bridgehead atoms. The fourth-order valence-electron chi connectivity index (χ4n) is 9.14. The summed E-state index contributed by atoms with van der Waals surface area (Å²) in [7, 11) is 0. The first-order valence-corrected chi connectivity index (χ1v) is 19.4. The number of ether oxygens (including phenoxy) is 15. The molecular weight excluding hydrogens is 704 g/mol. The second-order valence-corrected chi connectivity index (χ2v) is 15.9. The maximum absolute atomic E-state index is 11.5. The zero-order valence-electron chi connectivity index (χ0n) is 31.7. The predicted octanol–water partition coefficient (Wildman–Crippen LogP) is 0.985. The van der Waals surface area contributed by atoms with Crippen molar-refractivity contribution in [2.75, 3.05) is 26.4 Å². The van der Waals surface area contributed by atoms with E-state index in [9.17, 15) is 10.2 Å². The average Bonchev–Trinajstić information content (AvgIpc) is 3.13. The van der Waals surface area contributed by atoms with Gasteiger partial charge in [-0.05, 0) is 27.7 Å². The Bertz CT molecular complexity index is 1230. The fourth-order valence-corrected chi connectivity index (χ4v) is 9.14. The lowest BCUT2D eigenvalue weighted by molar-refractivity contribution is -0.423. The van der Waals surface area contributed by atoms with E-state index in [1.165, 1.54) is 0 Å². The molecule has 0 aromatic heterocycles. The maximum Gasteiger partial charge on any atom is 0.185 e. The molecule has 13 unspecified atom stereocenters. The topological polar surface area (TPSA) is 179 Å². The first-order valence-electron chi connectivity index (χ1n) is 19.4. The van der Waals surface area contributed by atoms with Gasteiger partial charge in [0, 0.05) is 23.7 Å². The molecule has 0 aliphatic carbocycles. The quantitative estimate of drug-likeness (QED) is 0.391. The third-order valence-electron chi connectivity index (χ3n) is 12.2. The van der Waals surface area contributed by atoms with Crippen LogP contribution in [0.1, 0.15) is 55.4 Å². The zero-order valence-corrected chi connectivity index (χ0v) is 31.7. The summed E-state index contributed by atoms with van der Waals surface area (Å²) in [6.45, 7) is 16.4. The van der Waals surface area contributed by atoms with Gasteiger partial charge in [-0.3, -0.25) is 0 Å². The van der Waals surface area contributed by atoms with Gasteiger partial charge in [-0.15, -0.1) is 0 Å². The smallest absolute Gasteiger partial charge is 0.185 e. The third kappa shape index (κ3) is 7.70. The molecule has 0 radical (unpaired) electrons. The summed E-state index contributed by atoms with van der Waals surface area (Å²) in [5, 5.41) is 22.7. The van der Waals surface area contributed by atoms with Crippen molar-refractivity contribution in [1.29, 1.82) is 0 Å². The molecule has 0 aromatic carbocycles. The largest absolute Gasteiger partial charge is 0.387 e. The number of aliphatic hydroxyl groups is 2. The van der Waals surface area contributed by atoms with E-state index in [2.05, 4.69) is 0 Å². The van der Waals surface area contributed by atoms with Crippen molar-refractivity contribution in [3.05, 3.63) is 0 Å². The van der Waals surface area contributed by atoms with Gasteiger partial charge in [0.25, 0.3) is 0 Å². The van der Waals surface area contributed by atoms with E-state index in [1.54, 1.807) is 0 Å². The molecule has 53 heavy (non-hydrogen) atoms. The van der Waals surface area contributed by atoms with Crippen LogP contribution in [0, 0.1) is 23.7 Å². The Hall–Kier alpha value is -0.680. The number of rotatable bonds is 6. The summed E-state index contributed by atoms with van der Waals surface area (Å²) in [5.41, 5.74) is 0. The van der Waals surface area contributed by atoms with E-state index < -0.39 is 111 Å². The van der Waals surface area contributed by atoms with Crippen LogP contribution in [0.15, 0.2) is 0 Å². The highest BCUT2D eigenvalue weighted by Gasteiger charge is 2.57. The lowest BCUT2D eigenvalue weighted by Gasteiger charge is -2.54. The van der Waals surface area contributed by atoms with Crippen LogP contribution in [0.4, 0.5) is 0 Å². The Kier molecular flexibility index (Phi) is 11.8. The molecule has 304 valence electrons. The second kappa shape index (κ2) is 15.9. The molecule has 0 aromatic rings. The molecule has 8 heterocycles. The summed E-state index contributed by atoms with van der Waals surface area (Å²) < 4.78 is 93.4. The van der Waals surface area contributed by atoms with Crippen molar-refractivity contribution >= 4 is 0 Å². The predicted molar refractivity (Wildman–Crippen MR) is 175 cm³/mol. The van der Waals surface area contributed by atoms with Gasteiger partial charge in [0.05, 0.1) is 50.8 Å². The molecule has 24 atom stereocenters. The van der Waals surface area contributed by atoms with Gasteiger partial charge in [-0.1, -0.05) is 27.7 Å². The number of hydrogen-bond acceptors (Lipinski definition) is 17. The Labute approximate surface area is 310 Å². The molecule has 8 saturated heterocycles. The summed E-state index contributed by atoms with van der Waals surface area (Å²) in [6, 6.07) is 0. The summed E-state index contributed by atoms with van der Waals surface area (Å²) in [5.74, 6) is -1.20. The highest BCUT2D eigenvalue weighted by atomic mass is 16.8. The Morgan fingerprint density at radius 2 is 0.698 bits per heavy atom. The normalized spacial score (nSPS) is 57.4. The van der Waals surface area contributed by atoms with Crippen molar-refractivity contribution in [2.45, 2.75) is 179 Å². The number of fused-ring (bicyclic) bond motifs is 4. The molecule has 8 aliphatic rings. The van der Waals surface area contributed by atoms with Gasteiger partial charge >= 0.3 is 0 Å².